The molecule has 7 nitrogen and oxygen atoms in total. The van der Waals surface area contributed by atoms with E-state index in [1.165, 1.54) is 16.0 Å². The zero-order valence-corrected chi connectivity index (χ0v) is 23.6. The van der Waals surface area contributed by atoms with Gasteiger partial charge >= 0.3 is 0 Å². The molecule has 1 N–H and O–H groups in total. The first-order chi connectivity index (χ1) is 18.7. The van der Waals surface area contributed by atoms with Crippen LogP contribution in [0.15, 0.2) is 72.2 Å². The van der Waals surface area contributed by atoms with Gasteiger partial charge in [0.1, 0.15) is 17.5 Å². The van der Waals surface area contributed by atoms with Crippen molar-refractivity contribution in [3.05, 3.63) is 93.1 Å². The second-order valence-corrected chi connectivity index (χ2v) is 11.2. The summed E-state index contributed by atoms with van der Waals surface area (Å²) in [5.74, 6) is 0.966. The maximum absolute atomic E-state index is 14.1. The molecule has 3 aromatic rings. The van der Waals surface area contributed by atoms with Crippen LogP contribution in [0, 0.1) is 0 Å². The molecule has 3 heterocycles. The highest BCUT2D eigenvalue weighted by molar-refractivity contribution is 7.12. The largest absolute Gasteiger partial charge is 0.359 e. The fourth-order valence-electron chi connectivity index (χ4n) is 4.69. The molecule has 1 aliphatic rings. The lowest BCUT2D eigenvalue weighted by Crippen LogP contribution is -2.28. The number of nitrogens with zero attached hydrogens (tertiary/aromatic N) is 4. The van der Waals surface area contributed by atoms with Crippen LogP contribution in [0.2, 0.25) is 0 Å². The fourth-order valence-corrected chi connectivity index (χ4v) is 5.92. The van der Waals surface area contributed by atoms with Crippen LogP contribution in [-0.4, -0.2) is 40.4 Å². The van der Waals surface area contributed by atoms with Gasteiger partial charge in [-0.1, -0.05) is 36.9 Å². The molecule has 2 aromatic heterocycles. The number of benzene rings is 1. The Bertz CT molecular complexity index is 1440. The normalized spacial score (nSPS) is 13.5. The van der Waals surface area contributed by atoms with Gasteiger partial charge in [-0.05, 0) is 35.4 Å². The highest BCUT2D eigenvalue weighted by Crippen LogP contribution is 2.32. The number of halogens is 2. The lowest BCUT2D eigenvalue weighted by molar-refractivity contribution is -0.125. The third-order valence-electron chi connectivity index (χ3n) is 6.74. The molecule has 204 valence electrons. The number of carbonyl (C=O) groups is 2. The van der Waals surface area contributed by atoms with Crippen LogP contribution in [0.5, 0.6) is 0 Å². The van der Waals surface area contributed by atoms with Crippen LogP contribution in [0.3, 0.4) is 0 Å². The maximum Gasteiger partial charge on any atom is 0.228 e. The van der Waals surface area contributed by atoms with Crippen molar-refractivity contribution in [2.24, 2.45) is 7.05 Å². The number of amides is 2. The Hall–Kier alpha value is -3.53. The van der Waals surface area contributed by atoms with Crippen molar-refractivity contribution in [2.45, 2.75) is 32.5 Å². The van der Waals surface area contributed by atoms with Crippen LogP contribution in [0.4, 0.5) is 10.2 Å². The Morgan fingerprint density at radius 1 is 1.26 bits per heavy atom. The maximum atomic E-state index is 14.1. The average Bonchev–Trinajstić information content (AvgIpc) is 3.63. The van der Waals surface area contributed by atoms with E-state index in [4.69, 9.17) is 11.6 Å². The fraction of sp³-hybridized carbons (Fsp3) is 0.276. The van der Waals surface area contributed by atoms with Gasteiger partial charge in [0.25, 0.3) is 0 Å². The predicted molar refractivity (Wildman–Crippen MR) is 155 cm³/mol. The van der Waals surface area contributed by atoms with Gasteiger partial charge in [0.15, 0.2) is 0 Å². The Morgan fingerprint density at radius 2 is 2.00 bits per heavy atom. The Labute approximate surface area is 236 Å². The highest BCUT2D eigenvalue weighted by atomic mass is 35.5. The quantitative estimate of drug-likeness (QED) is 0.232. The number of carbonyl (C=O) groups excluding carboxylic acids is 2. The van der Waals surface area contributed by atoms with Crippen molar-refractivity contribution < 1.29 is 14.0 Å². The Kier molecular flexibility index (Phi) is 9.16. The Balaban J connectivity index is 1.41. The third kappa shape index (κ3) is 6.73. The molecule has 0 saturated carbocycles. The molecule has 0 fully saturated rings. The summed E-state index contributed by atoms with van der Waals surface area (Å²) in [4.78, 5) is 33.3. The molecule has 39 heavy (non-hydrogen) atoms. The van der Waals surface area contributed by atoms with E-state index in [-0.39, 0.29) is 17.4 Å². The van der Waals surface area contributed by atoms with E-state index in [0.29, 0.717) is 24.9 Å². The van der Waals surface area contributed by atoms with Crippen molar-refractivity contribution in [2.75, 3.05) is 18.5 Å². The van der Waals surface area contributed by atoms with E-state index >= 15 is 0 Å². The molecule has 0 saturated heterocycles. The number of fused-ring (bicyclic) bond motifs is 1. The average molecular weight is 568 g/mol. The SMILES string of the molecule is C=C/C(F)=C(/Cc1ccc(CN2Cc3ccc(-c4ncc(N(C)CCC(=O)NC=O)n4C)cc3C2)s1)C(=C)Cl. The zero-order chi connectivity index (χ0) is 28.1. The number of thiophene rings is 1. The lowest BCUT2D eigenvalue weighted by atomic mass is 10.1. The van der Waals surface area contributed by atoms with Gasteiger partial charge < -0.3 is 9.47 Å². The summed E-state index contributed by atoms with van der Waals surface area (Å²) < 4.78 is 16.1. The smallest absolute Gasteiger partial charge is 0.228 e. The summed E-state index contributed by atoms with van der Waals surface area (Å²) in [6.07, 6.45) is 3.96. The molecule has 1 aliphatic heterocycles. The molecular weight excluding hydrogens is 537 g/mol. The van der Waals surface area contributed by atoms with Crippen molar-refractivity contribution in [1.82, 2.24) is 19.8 Å². The number of hydrogen-bond donors (Lipinski definition) is 1. The van der Waals surface area contributed by atoms with E-state index in [9.17, 15) is 14.0 Å². The molecular formula is C29H31ClFN5O2S. The lowest BCUT2D eigenvalue weighted by Gasteiger charge is -2.19. The number of hydrogen-bond acceptors (Lipinski definition) is 6. The first-order valence-corrected chi connectivity index (χ1v) is 13.6. The molecule has 0 unspecified atom stereocenters. The number of anilines is 1. The number of imide groups is 1. The molecule has 0 aliphatic carbocycles. The first-order valence-electron chi connectivity index (χ1n) is 12.4. The minimum Gasteiger partial charge on any atom is -0.359 e. The molecule has 10 heteroatoms. The standard InChI is InChI=1S/C29H31ClFN5O2S/c1-5-26(31)25(19(2)30)13-23-8-9-24(39-23)17-36-15-21-7-6-20(12-22(21)16-36)29-32-14-28(35(29)4)34(3)11-10-27(38)33-18-37/h5-9,12,14,18H,1-2,10-11,13,15-17H2,3-4H3,(H,33,37,38)/b26-25+. The number of aromatic nitrogens is 2. The van der Waals surface area contributed by atoms with Gasteiger partial charge in [-0.3, -0.25) is 19.8 Å². The number of nitrogens with one attached hydrogen (secondary N) is 1. The second kappa shape index (κ2) is 12.5. The minimum atomic E-state index is -0.441. The van der Waals surface area contributed by atoms with Crippen molar-refractivity contribution in [3.63, 3.8) is 0 Å². The second-order valence-electron chi connectivity index (χ2n) is 9.46. The summed E-state index contributed by atoms with van der Waals surface area (Å²) in [5.41, 5.74) is 3.96. The molecule has 0 bridgehead atoms. The van der Waals surface area contributed by atoms with Crippen molar-refractivity contribution in [1.29, 1.82) is 0 Å². The van der Waals surface area contributed by atoms with Crippen molar-refractivity contribution >= 4 is 41.1 Å². The molecule has 1 aromatic carbocycles. The highest BCUT2D eigenvalue weighted by Gasteiger charge is 2.22. The van der Waals surface area contributed by atoms with Gasteiger partial charge in [0.2, 0.25) is 12.3 Å². The van der Waals surface area contributed by atoms with E-state index in [0.717, 1.165) is 47.8 Å². The van der Waals surface area contributed by atoms with E-state index in [2.05, 4.69) is 52.6 Å². The van der Waals surface area contributed by atoms with Crippen LogP contribution in [0.1, 0.15) is 27.3 Å². The molecule has 0 atom stereocenters. The topological polar surface area (TPSA) is 70.5 Å². The Morgan fingerprint density at radius 3 is 2.72 bits per heavy atom. The molecule has 4 rings (SSSR count). The molecule has 0 spiro atoms. The third-order valence-corrected chi connectivity index (χ3v) is 8.04. The van der Waals surface area contributed by atoms with Gasteiger partial charge in [0.05, 0.1) is 6.20 Å². The summed E-state index contributed by atoms with van der Waals surface area (Å²) in [7, 11) is 3.85. The van der Waals surface area contributed by atoms with Crippen LogP contribution in [0.25, 0.3) is 11.4 Å². The zero-order valence-electron chi connectivity index (χ0n) is 22.0. The number of imidazole rings is 1. The molecule has 0 radical (unpaired) electrons. The van der Waals surface area contributed by atoms with Gasteiger partial charge in [-0.15, -0.1) is 11.3 Å². The molecule has 2 amide bonds. The first kappa shape index (κ1) is 28.5. The van der Waals surface area contributed by atoms with E-state index in [1.54, 1.807) is 17.5 Å². The number of rotatable bonds is 12. The van der Waals surface area contributed by atoms with Crippen LogP contribution in [-0.2, 0) is 42.7 Å². The summed E-state index contributed by atoms with van der Waals surface area (Å²) >= 11 is 7.66. The predicted octanol–water partition coefficient (Wildman–Crippen LogP) is 5.47. The summed E-state index contributed by atoms with van der Waals surface area (Å²) in [5, 5.41) is 2.36. The van der Waals surface area contributed by atoms with Gasteiger partial charge in [-0.2, -0.15) is 0 Å². The van der Waals surface area contributed by atoms with E-state index in [1.807, 2.05) is 29.6 Å². The van der Waals surface area contributed by atoms with Crippen LogP contribution >= 0.6 is 22.9 Å². The van der Waals surface area contributed by atoms with Crippen molar-refractivity contribution in [3.8, 4) is 11.4 Å². The van der Waals surface area contributed by atoms with Gasteiger partial charge in [0, 0.05) is 79.0 Å². The summed E-state index contributed by atoms with van der Waals surface area (Å²) in [6, 6.07) is 10.6. The number of allylic oxidation sites excluding steroid dienone is 4. The van der Waals surface area contributed by atoms with E-state index < -0.39 is 5.83 Å². The minimum absolute atomic E-state index is 0.196. The summed E-state index contributed by atoms with van der Waals surface area (Å²) in [6.45, 7) is 10.1. The van der Waals surface area contributed by atoms with Crippen LogP contribution < -0.4 is 10.2 Å². The van der Waals surface area contributed by atoms with Gasteiger partial charge in [-0.25, -0.2) is 9.37 Å². The monoisotopic (exact) mass is 567 g/mol.